The predicted molar refractivity (Wildman–Crippen MR) is 113 cm³/mol. The van der Waals surface area contributed by atoms with Gasteiger partial charge < -0.3 is 10.2 Å². The van der Waals surface area contributed by atoms with E-state index in [4.69, 9.17) is 11.6 Å². The van der Waals surface area contributed by atoms with Gasteiger partial charge in [0, 0.05) is 17.6 Å². The van der Waals surface area contributed by atoms with Crippen molar-refractivity contribution in [3.63, 3.8) is 0 Å². The summed E-state index contributed by atoms with van der Waals surface area (Å²) >= 11 is 5.94. The normalized spacial score (nSPS) is 25.4. The fourth-order valence-corrected chi connectivity index (χ4v) is 6.00. The van der Waals surface area contributed by atoms with Crippen molar-refractivity contribution in [2.24, 2.45) is 0 Å². The molecule has 0 radical (unpaired) electrons. The molecule has 1 N–H and O–H groups in total. The van der Waals surface area contributed by atoms with E-state index in [9.17, 15) is 22.8 Å². The van der Waals surface area contributed by atoms with Crippen LogP contribution >= 0.6 is 11.6 Å². The standard InChI is InChI=1S/C20H26ClN3O5S/c1-3-10-23(16-9-11-30(28,29)13-16)17(25)12-24-18(26)20(4-2,22-19(24)27)14-5-7-15(21)8-6-14/h5-8,16H,3-4,9-13H2,1-2H3,(H,22,27). The molecule has 0 spiro atoms. The minimum Gasteiger partial charge on any atom is -0.337 e. The first kappa shape index (κ1) is 22.6. The molecular formula is C20H26ClN3O5S. The zero-order chi connectivity index (χ0) is 22.1. The van der Waals surface area contributed by atoms with Gasteiger partial charge in [-0.3, -0.25) is 14.5 Å². The van der Waals surface area contributed by atoms with E-state index in [1.165, 1.54) is 4.90 Å². The van der Waals surface area contributed by atoms with Gasteiger partial charge in [0.15, 0.2) is 9.84 Å². The summed E-state index contributed by atoms with van der Waals surface area (Å²) in [6.07, 6.45) is 1.33. The summed E-state index contributed by atoms with van der Waals surface area (Å²) in [6, 6.07) is 5.59. The third-order valence-electron chi connectivity index (χ3n) is 5.77. The summed E-state index contributed by atoms with van der Waals surface area (Å²) in [5.41, 5.74) is -0.663. The van der Waals surface area contributed by atoms with Crippen molar-refractivity contribution in [2.75, 3.05) is 24.6 Å². The molecule has 30 heavy (non-hydrogen) atoms. The van der Waals surface area contributed by atoms with Crippen molar-refractivity contribution in [2.45, 2.75) is 44.7 Å². The highest BCUT2D eigenvalue weighted by Gasteiger charge is 2.52. The number of urea groups is 1. The van der Waals surface area contributed by atoms with Gasteiger partial charge in [-0.05, 0) is 37.0 Å². The molecule has 1 aromatic rings. The zero-order valence-corrected chi connectivity index (χ0v) is 18.6. The summed E-state index contributed by atoms with van der Waals surface area (Å²) in [4.78, 5) is 41.3. The molecule has 4 amide bonds. The molecule has 0 bridgehead atoms. The fraction of sp³-hybridized carbons (Fsp3) is 0.550. The van der Waals surface area contributed by atoms with Crippen molar-refractivity contribution in [3.05, 3.63) is 34.9 Å². The van der Waals surface area contributed by atoms with E-state index in [-0.39, 0.29) is 11.5 Å². The quantitative estimate of drug-likeness (QED) is 0.632. The minimum atomic E-state index is -3.17. The van der Waals surface area contributed by atoms with E-state index in [2.05, 4.69) is 5.32 Å². The maximum Gasteiger partial charge on any atom is 0.325 e. The SMILES string of the molecule is CCCN(C(=O)CN1C(=O)NC(CC)(c2ccc(Cl)cc2)C1=O)C1CCS(=O)(=O)C1. The van der Waals surface area contributed by atoms with Crippen LogP contribution in [0.4, 0.5) is 4.79 Å². The van der Waals surface area contributed by atoms with Gasteiger partial charge in [0.05, 0.1) is 11.5 Å². The van der Waals surface area contributed by atoms with Crippen molar-refractivity contribution in [1.29, 1.82) is 0 Å². The number of nitrogens with zero attached hydrogens (tertiary/aromatic N) is 2. The fourth-order valence-electron chi connectivity index (χ4n) is 4.14. The number of benzene rings is 1. The zero-order valence-electron chi connectivity index (χ0n) is 17.1. The molecule has 2 heterocycles. The number of halogens is 1. The number of carbonyl (C=O) groups excluding carboxylic acids is 3. The van der Waals surface area contributed by atoms with Gasteiger partial charge in [0.2, 0.25) is 5.91 Å². The molecule has 0 aromatic heterocycles. The van der Waals surface area contributed by atoms with E-state index in [1.807, 2.05) is 6.92 Å². The number of rotatable bonds is 7. The molecule has 0 saturated carbocycles. The van der Waals surface area contributed by atoms with Crippen molar-refractivity contribution in [3.8, 4) is 0 Å². The van der Waals surface area contributed by atoms with Crippen LogP contribution in [0.2, 0.25) is 5.02 Å². The Hall–Kier alpha value is -2.13. The summed E-state index contributed by atoms with van der Waals surface area (Å²) in [5, 5.41) is 3.25. The Morgan fingerprint density at radius 1 is 1.27 bits per heavy atom. The summed E-state index contributed by atoms with van der Waals surface area (Å²) in [5.74, 6) is -0.960. The second-order valence-electron chi connectivity index (χ2n) is 7.73. The van der Waals surface area contributed by atoms with Gasteiger partial charge in [-0.2, -0.15) is 0 Å². The maximum absolute atomic E-state index is 13.2. The van der Waals surface area contributed by atoms with Gasteiger partial charge in [0.25, 0.3) is 5.91 Å². The van der Waals surface area contributed by atoms with Gasteiger partial charge in [-0.1, -0.05) is 37.6 Å². The highest BCUT2D eigenvalue weighted by molar-refractivity contribution is 7.91. The molecule has 2 aliphatic rings. The van der Waals surface area contributed by atoms with Crippen LogP contribution in [0.3, 0.4) is 0 Å². The van der Waals surface area contributed by atoms with Crippen LogP contribution in [-0.4, -0.2) is 66.7 Å². The highest BCUT2D eigenvalue weighted by atomic mass is 35.5. The summed E-state index contributed by atoms with van der Waals surface area (Å²) < 4.78 is 23.7. The Labute approximate surface area is 181 Å². The Morgan fingerprint density at radius 3 is 2.47 bits per heavy atom. The Balaban J connectivity index is 1.81. The first-order chi connectivity index (χ1) is 14.1. The minimum absolute atomic E-state index is 0.0454. The summed E-state index contributed by atoms with van der Waals surface area (Å²) in [6.45, 7) is 3.63. The lowest BCUT2D eigenvalue weighted by Gasteiger charge is -2.30. The molecule has 2 saturated heterocycles. The molecule has 8 nitrogen and oxygen atoms in total. The number of imide groups is 1. The first-order valence-electron chi connectivity index (χ1n) is 10.0. The van der Waals surface area contributed by atoms with Gasteiger partial charge >= 0.3 is 6.03 Å². The molecule has 2 unspecified atom stereocenters. The van der Waals surface area contributed by atoms with E-state index in [1.54, 1.807) is 31.2 Å². The van der Waals surface area contributed by atoms with Crippen LogP contribution in [0, 0.1) is 0 Å². The van der Waals surface area contributed by atoms with E-state index in [0.717, 1.165) is 4.90 Å². The Kier molecular flexibility index (Phi) is 6.43. The smallest absolute Gasteiger partial charge is 0.325 e. The van der Waals surface area contributed by atoms with Crippen LogP contribution in [-0.2, 0) is 25.0 Å². The van der Waals surface area contributed by atoms with Gasteiger partial charge in [-0.15, -0.1) is 0 Å². The van der Waals surface area contributed by atoms with Crippen molar-refractivity contribution < 1.29 is 22.8 Å². The third-order valence-corrected chi connectivity index (χ3v) is 7.77. The van der Waals surface area contributed by atoms with Crippen LogP contribution in [0.1, 0.15) is 38.7 Å². The van der Waals surface area contributed by atoms with Crippen LogP contribution in [0.25, 0.3) is 0 Å². The number of carbonyl (C=O) groups is 3. The van der Waals surface area contributed by atoms with E-state index < -0.39 is 45.8 Å². The second-order valence-corrected chi connectivity index (χ2v) is 10.4. The van der Waals surface area contributed by atoms with Crippen LogP contribution in [0.15, 0.2) is 24.3 Å². The monoisotopic (exact) mass is 455 g/mol. The molecule has 10 heteroatoms. The van der Waals surface area contributed by atoms with E-state index >= 15 is 0 Å². The van der Waals surface area contributed by atoms with Gasteiger partial charge in [-0.25, -0.2) is 13.2 Å². The lowest BCUT2D eigenvalue weighted by Crippen LogP contribution is -2.48. The number of nitrogens with one attached hydrogen (secondary N) is 1. The lowest BCUT2D eigenvalue weighted by molar-refractivity contribution is -0.140. The lowest BCUT2D eigenvalue weighted by atomic mass is 9.87. The predicted octanol–water partition coefficient (Wildman–Crippen LogP) is 1.92. The van der Waals surface area contributed by atoms with Crippen molar-refractivity contribution >= 4 is 39.3 Å². The van der Waals surface area contributed by atoms with E-state index in [0.29, 0.717) is 36.4 Å². The summed E-state index contributed by atoms with van der Waals surface area (Å²) in [7, 11) is -3.17. The van der Waals surface area contributed by atoms with Crippen LogP contribution < -0.4 is 5.32 Å². The molecule has 2 fully saturated rings. The van der Waals surface area contributed by atoms with Crippen LogP contribution in [0.5, 0.6) is 0 Å². The molecule has 2 aliphatic heterocycles. The third kappa shape index (κ3) is 4.18. The largest absolute Gasteiger partial charge is 0.337 e. The van der Waals surface area contributed by atoms with Crippen molar-refractivity contribution in [1.82, 2.24) is 15.1 Å². The molecular weight excluding hydrogens is 430 g/mol. The average Bonchev–Trinajstić information content (AvgIpc) is 3.18. The first-order valence-corrected chi connectivity index (χ1v) is 12.2. The molecule has 164 valence electrons. The topological polar surface area (TPSA) is 104 Å². The maximum atomic E-state index is 13.2. The second kappa shape index (κ2) is 8.55. The number of hydrogen-bond acceptors (Lipinski definition) is 5. The number of hydrogen-bond donors (Lipinski definition) is 1. The van der Waals surface area contributed by atoms with Gasteiger partial charge in [0.1, 0.15) is 12.1 Å². The Morgan fingerprint density at radius 2 is 1.93 bits per heavy atom. The molecule has 0 aliphatic carbocycles. The number of amides is 4. The molecule has 2 atom stereocenters. The average molecular weight is 456 g/mol. The Bertz CT molecular complexity index is 950. The highest BCUT2D eigenvalue weighted by Crippen LogP contribution is 2.33. The number of sulfone groups is 1. The molecule has 3 rings (SSSR count). The molecule has 1 aromatic carbocycles.